The highest BCUT2D eigenvalue weighted by Gasteiger charge is 2.26. The van der Waals surface area contributed by atoms with Crippen molar-refractivity contribution in [2.45, 2.75) is 13.0 Å². The van der Waals surface area contributed by atoms with Crippen LogP contribution in [0.5, 0.6) is 28.7 Å². The van der Waals surface area contributed by atoms with Gasteiger partial charge in [-0.2, -0.15) is 0 Å². The van der Waals surface area contributed by atoms with E-state index in [1.807, 2.05) is 42.5 Å². The molecule has 0 unspecified atom stereocenters. The lowest BCUT2D eigenvalue weighted by atomic mass is 10.1. The van der Waals surface area contributed by atoms with E-state index in [1.54, 1.807) is 12.1 Å². The Labute approximate surface area is 210 Å². The summed E-state index contributed by atoms with van der Waals surface area (Å²) in [5.41, 5.74) is 7.74. The number of hydrogen-bond donors (Lipinski definition) is 2. The van der Waals surface area contributed by atoms with Crippen LogP contribution in [0.15, 0.2) is 54.6 Å². The smallest absolute Gasteiger partial charge is 0.255 e. The standard InChI is InChI=1S/C25H27ClN2O5.ClH/c1-30-22-19(25(29)28-15-17-6-4-5-7-20(17)26)14-21(23(31-2)24(22)32-3)33-18-10-8-16(9-11-18)12-13-27;/h4-11,14H,12-13,15,27H2,1-3H3,(H,28,29);1H. The molecule has 3 aromatic carbocycles. The Balaban J connectivity index is 0.00000408. The van der Waals surface area contributed by atoms with E-state index < -0.39 is 0 Å². The molecule has 0 bridgehead atoms. The average Bonchev–Trinajstić information content (AvgIpc) is 2.83. The van der Waals surface area contributed by atoms with Crippen molar-refractivity contribution in [1.82, 2.24) is 5.32 Å². The highest BCUT2D eigenvalue weighted by molar-refractivity contribution is 6.31. The SMILES string of the molecule is COc1c(Oc2ccc(CCN)cc2)cc(C(=O)NCc2ccccc2Cl)c(OC)c1OC.Cl. The molecular formula is C25H28Cl2N2O5. The van der Waals surface area contributed by atoms with E-state index in [4.69, 9.17) is 36.3 Å². The van der Waals surface area contributed by atoms with Crippen LogP contribution in [0.1, 0.15) is 21.5 Å². The van der Waals surface area contributed by atoms with E-state index in [0.717, 1.165) is 17.5 Å². The normalized spacial score (nSPS) is 10.1. The molecular weight excluding hydrogens is 479 g/mol. The first kappa shape index (κ1) is 27.1. The third-order valence-corrected chi connectivity index (χ3v) is 5.36. The predicted molar refractivity (Wildman–Crippen MR) is 135 cm³/mol. The van der Waals surface area contributed by atoms with Crippen molar-refractivity contribution < 1.29 is 23.7 Å². The van der Waals surface area contributed by atoms with Crippen LogP contribution < -0.4 is 30.0 Å². The third-order valence-electron chi connectivity index (χ3n) is 4.99. The number of carbonyl (C=O) groups is 1. The maximum absolute atomic E-state index is 13.1. The molecule has 3 N–H and O–H groups in total. The van der Waals surface area contributed by atoms with E-state index in [2.05, 4.69) is 5.32 Å². The minimum absolute atomic E-state index is 0. The zero-order valence-corrected chi connectivity index (χ0v) is 20.8. The summed E-state index contributed by atoms with van der Waals surface area (Å²) in [5, 5.41) is 3.43. The van der Waals surface area contributed by atoms with Gasteiger partial charge in [-0.3, -0.25) is 4.79 Å². The minimum Gasteiger partial charge on any atom is -0.492 e. The molecule has 0 aliphatic carbocycles. The van der Waals surface area contributed by atoms with Crippen molar-refractivity contribution in [2.24, 2.45) is 5.73 Å². The van der Waals surface area contributed by atoms with Gasteiger partial charge in [-0.05, 0) is 42.3 Å². The van der Waals surface area contributed by atoms with Gasteiger partial charge in [0.25, 0.3) is 5.91 Å². The van der Waals surface area contributed by atoms with E-state index in [0.29, 0.717) is 28.8 Å². The molecule has 34 heavy (non-hydrogen) atoms. The zero-order chi connectivity index (χ0) is 23.8. The molecule has 0 saturated heterocycles. The highest BCUT2D eigenvalue weighted by Crippen LogP contribution is 2.48. The fourth-order valence-corrected chi connectivity index (χ4v) is 3.56. The van der Waals surface area contributed by atoms with Crippen molar-refractivity contribution in [3.63, 3.8) is 0 Å². The van der Waals surface area contributed by atoms with Crippen LogP contribution in [-0.2, 0) is 13.0 Å². The molecule has 7 nitrogen and oxygen atoms in total. The van der Waals surface area contributed by atoms with Crippen molar-refractivity contribution in [3.8, 4) is 28.7 Å². The first-order chi connectivity index (χ1) is 16.0. The van der Waals surface area contributed by atoms with Crippen molar-refractivity contribution in [1.29, 1.82) is 0 Å². The molecule has 0 radical (unpaired) electrons. The number of nitrogens with two attached hydrogens (primary N) is 1. The number of benzene rings is 3. The maximum atomic E-state index is 13.1. The van der Waals surface area contributed by atoms with Crippen LogP contribution in [0.3, 0.4) is 0 Å². The van der Waals surface area contributed by atoms with E-state index in [-0.39, 0.29) is 41.9 Å². The molecule has 0 fully saturated rings. The predicted octanol–water partition coefficient (Wildman–Crippen LogP) is 5.01. The monoisotopic (exact) mass is 506 g/mol. The van der Waals surface area contributed by atoms with Gasteiger partial charge in [-0.15, -0.1) is 12.4 Å². The van der Waals surface area contributed by atoms with Gasteiger partial charge in [0, 0.05) is 17.6 Å². The molecule has 182 valence electrons. The van der Waals surface area contributed by atoms with Gasteiger partial charge in [0.15, 0.2) is 11.5 Å². The number of hydrogen-bond acceptors (Lipinski definition) is 6. The fraction of sp³-hybridized carbons (Fsp3) is 0.240. The summed E-state index contributed by atoms with van der Waals surface area (Å²) in [5.74, 6) is 1.30. The van der Waals surface area contributed by atoms with E-state index >= 15 is 0 Å². The van der Waals surface area contributed by atoms with Crippen molar-refractivity contribution in [2.75, 3.05) is 27.9 Å². The lowest BCUT2D eigenvalue weighted by Gasteiger charge is -2.19. The Hall–Kier alpha value is -3.13. The first-order valence-electron chi connectivity index (χ1n) is 10.3. The summed E-state index contributed by atoms with van der Waals surface area (Å²) in [6.07, 6.45) is 0.774. The minimum atomic E-state index is -0.379. The highest BCUT2D eigenvalue weighted by atomic mass is 35.5. The number of rotatable bonds is 10. The second-order valence-corrected chi connectivity index (χ2v) is 7.49. The largest absolute Gasteiger partial charge is 0.492 e. The van der Waals surface area contributed by atoms with Crippen molar-refractivity contribution >= 4 is 29.9 Å². The second-order valence-electron chi connectivity index (χ2n) is 7.08. The Morgan fingerprint density at radius 2 is 1.59 bits per heavy atom. The summed E-state index contributed by atoms with van der Waals surface area (Å²) in [7, 11) is 4.42. The molecule has 3 aromatic rings. The van der Waals surface area contributed by atoms with Gasteiger partial charge in [0.2, 0.25) is 11.5 Å². The molecule has 0 heterocycles. The number of halogens is 2. The molecule has 1 amide bonds. The number of methoxy groups -OCH3 is 3. The van der Waals surface area contributed by atoms with Gasteiger partial charge in [-0.25, -0.2) is 0 Å². The summed E-state index contributed by atoms with van der Waals surface area (Å²) in [6.45, 7) is 0.811. The average molecular weight is 507 g/mol. The summed E-state index contributed by atoms with van der Waals surface area (Å²) >= 11 is 6.21. The van der Waals surface area contributed by atoms with Gasteiger partial charge < -0.3 is 30.0 Å². The van der Waals surface area contributed by atoms with Crippen LogP contribution in [0.25, 0.3) is 0 Å². The molecule has 0 saturated carbocycles. The van der Waals surface area contributed by atoms with Gasteiger partial charge in [0.1, 0.15) is 5.75 Å². The van der Waals surface area contributed by atoms with Crippen molar-refractivity contribution in [3.05, 3.63) is 76.3 Å². The zero-order valence-electron chi connectivity index (χ0n) is 19.2. The van der Waals surface area contributed by atoms with Crippen LogP contribution >= 0.6 is 24.0 Å². The Morgan fingerprint density at radius 1 is 0.941 bits per heavy atom. The lowest BCUT2D eigenvalue weighted by Crippen LogP contribution is -2.24. The molecule has 9 heteroatoms. The summed E-state index contributed by atoms with van der Waals surface area (Å²) in [4.78, 5) is 13.1. The topological polar surface area (TPSA) is 92.0 Å². The Morgan fingerprint density at radius 3 is 2.18 bits per heavy atom. The third kappa shape index (κ3) is 6.26. The van der Waals surface area contributed by atoms with Crippen LogP contribution in [0.2, 0.25) is 5.02 Å². The fourth-order valence-electron chi connectivity index (χ4n) is 3.36. The van der Waals surface area contributed by atoms with Gasteiger partial charge in [-0.1, -0.05) is 41.9 Å². The number of amides is 1. The number of ether oxygens (including phenoxy) is 4. The van der Waals surface area contributed by atoms with Gasteiger partial charge >= 0.3 is 0 Å². The molecule has 0 aliphatic rings. The molecule has 0 atom stereocenters. The molecule has 0 spiro atoms. The van der Waals surface area contributed by atoms with Crippen LogP contribution in [0, 0.1) is 0 Å². The van der Waals surface area contributed by atoms with Crippen LogP contribution in [-0.4, -0.2) is 33.8 Å². The van der Waals surface area contributed by atoms with E-state index in [9.17, 15) is 4.79 Å². The summed E-state index contributed by atoms with van der Waals surface area (Å²) in [6, 6.07) is 16.4. The quantitative estimate of drug-likeness (QED) is 0.401. The van der Waals surface area contributed by atoms with Crippen LogP contribution in [0.4, 0.5) is 0 Å². The molecule has 3 rings (SSSR count). The number of nitrogens with one attached hydrogen (secondary N) is 1. The Bertz CT molecular complexity index is 1110. The second kappa shape index (κ2) is 12.9. The van der Waals surface area contributed by atoms with E-state index in [1.165, 1.54) is 21.3 Å². The maximum Gasteiger partial charge on any atom is 0.255 e. The first-order valence-corrected chi connectivity index (χ1v) is 10.7. The molecule has 0 aromatic heterocycles. The van der Waals surface area contributed by atoms with Gasteiger partial charge in [0.05, 0.1) is 26.9 Å². The lowest BCUT2D eigenvalue weighted by molar-refractivity contribution is 0.0946. The summed E-state index contributed by atoms with van der Waals surface area (Å²) < 4.78 is 22.6. The Kier molecular flexibility index (Phi) is 10.3. The molecule has 0 aliphatic heterocycles. The number of carbonyl (C=O) groups excluding carboxylic acids is 1.